The van der Waals surface area contributed by atoms with Gasteiger partial charge < -0.3 is 13.9 Å². The van der Waals surface area contributed by atoms with Crippen LogP contribution in [0.5, 0.6) is 5.75 Å². The zero-order valence-electron chi connectivity index (χ0n) is 13.9. The van der Waals surface area contributed by atoms with E-state index in [9.17, 15) is 4.79 Å². The van der Waals surface area contributed by atoms with Gasteiger partial charge in [0, 0.05) is 31.0 Å². The quantitative estimate of drug-likeness (QED) is 0.494. The van der Waals surface area contributed by atoms with Crippen molar-refractivity contribution in [2.45, 2.75) is 12.8 Å². The molecule has 0 radical (unpaired) electrons. The number of benzene rings is 1. The average Bonchev–Trinajstić information content (AvgIpc) is 3.00. The van der Waals surface area contributed by atoms with Gasteiger partial charge in [-0.25, -0.2) is 4.98 Å². The molecule has 5 nitrogen and oxygen atoms in total. The van der Waals surface area contributed by atoms with E-state index in [-0.39, 0.29) is 0 Å². The number of hydrogen-bond acceptors (Lipinski definition) is 4. The molecular weight excluding hydrogens is 304 g/mol. The third-order valence-corrected chi connectivity index (χ3v) is 3.98. The van der Waals surface area contributed by atoms with Gasteiger partial charge in [0.05, 0.1) is 18.5 Å². The maximum absolute atomic E-state index is 11.1. The minimum atomic E-state index is 0.630. The van der Waals surface area contributed by atoms with E-state index in [2.05, 4.69) is 0 Å². The van der Waals surface area contributed by atoms with E-state index in [1.165, 1.54) is 0 Å². The van der Waals surface area contributed by atoms with Crippen LogP contribution in [0.3, 0.4) is 0 Å². The summed E-state index contributed by atoms with van der Waals surface area (Å²) in [6.45, 7) is 0.679. The average molecular weight is 324 g/mol. The number of nitrogens with zero attached hydrogens (tertiary/aromatic N) is 2. The Morgan fingerprint density at radius 2 is 2.08 bits per heavy atom. The lowest BCUT2D eigenvalue weighted by atomic mass is 10.1. The van der Waals surface area contributed by atoms with Gasteiger partial charge in [0.1, 0.15) is 11.4 Å². The van der Waals surface area contributed by atoms with Crippen LogP contribution in [0.1, 0.15) is 22.5 Å². The van der Waals surface area contributed by atoms with Crippen LogP contribution >= 0.6 is 0 Å². The van der Waals surface area contributed by atoms with E-state index >= 15 is 0 Å². The molecular formula is C19H20N2O3. The van der Waals surface area contributed by atoms with Crippen molar-refractivity contribution in [2.75, 3.05) is 20.8 Å². The van der Waals surface area contributed by atoms with Crippen LogP contribution < -0.4 is 4.74 Å². The van der Waals surface area contributed by atoms with Crippen molar-refractivity contribution in [2.24, 2.45) is 0 Å². The fraction of sp³-hybridized carbons (Fsp3) is 0.263. The molecule has 3 rings (SSSR count). The number of imidazole rings is 1. The van der Waals surface area contributed by atoms with Crippen molar-refractivity contribution in [3.05, 3.63) is 53.9 Å². The first-order valence-corrected chi connectivity index (χ1v) is 7.86. The van der Waals surface area contributed by atoms with Gasteiger partial charge in [0.2, 0.25) is 0 Å². The molecule has 0 bridgehead atoms. The second-order valence-corrected chi connectivity index (χ2v) is 5.54. The lowest BCUT2D eigenvalue weighted by Gasteiger charge is -2.07. The Hall–Kier alpha value is -2.66. The highest BCUT2D eigenvalue weighted by Crippen LogP contribution is 2.28. The minimum Gasteiger partial charge on any atom is -0.497 e. The topological polar surface area (TPSA) is 52.8 Å². The molecule has 2 heterocycles. The molecule has 24 heavy (non-hydrogen) atoms. The predicted octanol–water partition coefficient (Wildman–Crippen LogP) is 3.40. The molecule has 0 amide bonds. The number of fused-ring (bicyclic) bond motifs is 1. The third-order valence-electron chi connectivity index (χ3n) is 3.98. The molecule has 3 aromatic rings. The number of pyridine rings is 1. The number of carbonyl (C=O) groups excluding carboxylic acids is 1. The number of hydrogen-bond donors (Lipinski definition) is 0. The monoisotopic (exact) mass is 324 g/mol. The molecule has 0 saturated carbocycles. The summed E-state index contributed by atoms with van der Waals surface area (Å²) < 4.78 is 12.5. The van der Waals surface area contributed by atoms with Crippen LogP contribution in [0, 0.1) is 0 Å². The summed E-state index contributed by atoms with van der Waals surface area (Å²) in [5, 5.41) is 0. The van der Waals surface area contributed by atoms with Gasteiger partial charge in [-0.05, 0) is 37.1 Å². The first-order valence-electron chi connectivity index (χ1n) is 7.86. The van der Waals surface area contributed by atoms with Crippen LogP contribution in [0.4, 0.5) is 0 Å². The Balaban J connectivity index is 2.13. The maximum Gasteiger partial charge on any atom is 0.151 e. The highest BCUT2D eigenvalue weighted by atomic mass is 16.5. The van der Waals surface area contributed by atoms with Crippen LogP contribution in [0.15, 0.2) is 42.6 Å². The number of aromatic nitrogens is 2. The smallest absolute Gasteiger partial charge is 0.151 e. The van der Waals surface area contributed by atoms with Gasteiger partial charge in [-0.2, -0.15) is 0 Å². The van der Waals surface area contributed by atoms with Gasteiger partial charge in [-0.1, -0.05) is 12.1 Å². The summed E-state index contributed by atoms with van der Waals surface area (Å²) in [5.74, 6) is 0.793. The molecule has 0 aliphatic heterocycles. The van der Waals surface area contributed by atoms with Crippen molar-refractivity contribution in [3.8, 4) is 17.0 Å². The Kier molecular flexibility index (Phi) is 4.91. The van der Waals surface area contributed by atoms with Crippen LogP contribution in [0.2, 0.25) is 0 Å². The summed E-state index contributed by atoms with van der Waals surface area (Å²) in [7, 11) is 3.35. The summed E-state index contributed by atoms with van der Waals surface area (Å²) in [5.41, 5.74) is 4.43. The van der Waals surface area contributed by atoms with Crippen molar-refractivity contribution < 1.29 is 14.3 Å². The number of ether oxygens (including phenoxy) is 2. The molecule has 1 aromatic carbocycles. The zero-order valence-corrected chi connectivity index (χ0v) is 13.9. The molecule has 0 unspecified atom stereocenters. The lowest BCUT2D eigenvalue weighted by molar-refractivity contribution is 0.112. The molecule has 5 heteroatoms. The fourth-order valence-corrected chi connectivity index (χ4v) is 2.80. The van der Waals surface area contributed by atoms with E-state index in [4.69, 9.17) is 14.5 Å². The van der Waals surface area contributed by atoms with Gasteiger partial charge in [0.25, 0.3) is 0 Å². The van der Waals surface area contributed by atoms with Crippen molar-refractivity contribution in [3.63, 3.8) is 0 Å². The number of aldehydes is 1. The SMILES string of the molecule is COCCCc1c(-c2cccc(OC)c2)nc2ccc(C=O)cn12. The lowest BCUT2D eigenvalue weighted by Crippen LogP contribution is -1.99. The van der Waals surface area contributed by atoms with Crippen LogP contribution in [-0.4, -0.2) is 36.5 Å². The molecule has 0 N–H and O–H groups in total. The molecule has 0 aliphatic carbocycles. The second kappa shape index (κ2) is 7.27. The van der Waals surface area contributed by atoms with Gasteiger partial charge in [0.15, 0.2) is 6.29 Å². The highest BCUT2D eigenvalue weighted by Gasteiger charge is 2.15. The molecule has 2 aromatic heterocycles. The molecule has 0 aliphatic rings. The van der Waals surface area contributed by atoms with Crippen LogP contribution in [0.25, 0.3) is 16.9 Å². The minimum absolute atomic E-state index is 0.630. The summed E-state index contributed by atoms with van der Waals surface area (Å²) >= 11 is 0. The number of aryl methyl sites for hydroxylation is 1. The molecule has 124 valence electrons. The normalized spacial score (nSPS) is 10.9. The largest absolute Gasteiger partial charge is 0.497 e. The predicted molar refractivity (Wildman–Crippen MR) is 92.8 cm³/mol. The van der Waals surface area contributed by atoms with E-state index in [0.29, 0.717) is 12.2 Å². The van der Waals surface area contributed by atoms with Crippen molar-refractivity contribution in [1.82, 2.24) is 9.38 Å². The van der Waals surface area contributed by atoms with E-state index in [1.54, 1.807) is 20.3 Å². The Labute approximate surface area is 140 Å². The first kappa shape index (κ1) is 16.2. The van der Waals surface area contributed by atoms with Gasteiger partial charge >= 0.3 is 0 Å². The van der Waals surface area contributed by atoms with Crippen LogP contribution in [-0.2, 0) is 11.2 Å². The van der Waals surface area contributed by atoms with E-state index < -0.39 is 0 Å². The van der Waals surface area contributed by atoms with E-state index in [1.807, 2.05) is 40.9 Å². The zero-order chi connectivity index (χ0) is 16.9. The maximum atomic E-state index is 11.1. The number of rotatable bonds is 7. The third kappa shape index (κ3) is 3.16. The number of carbonyl (C=O) groups is 1. The molecule has 0 spiro atoms. The van der Waals surface area contributed by atoms with Crippen molar-refractivity contribution in [1.29, 1.82) is 0 Å². The van der Waals surface area contributed by atoms with Gasteiger partial charge in [-0.15, -0.1) is 0 Å². The second-order valence-electron chi connectivity index (χ2n) is 5.54. The summed E-state index contributed by atoms with van der Waals surface area (Å²) in [6.07, 6.45) is 4.38. The van der Waals surface area contributed by atoms with Crippen molar-refractivity contribution >= 4 is 11.9 Å². The Morgan fingerprint density at radius 3 is 2.83 bits per heavy atom. The Bertz CT molecular complexity index is 855. The molecule has 0 saturated heterocycles. The molecule has 0 fully saturated rings. The van der Waals surface area contributed by atoms with E-state index in [0.717, 1.165) is 47.5 Å². The first-order chi connectivity index (χ1) is 11.8. The fourth-order valence-electron chi connectivity index (χ4n) is 2.80. The summed E-state index contributed by atoms with van der Waals surface area (Å²) in [6, 6.07) is 11.5. The standard InChI is InChI=1S/C19H20N2O3/c1-23-10-4-7-17-19(15-5-3-6-16(11-15)24-2)20-18-9-8-14(13-22)12-21(17)18/h3,5-6,8-9,11-13H,4,7,10H2,1-2H3. The Morgan fingerprint density at radius 1 is 1.21 bits per heavy atom. The van der Waals surface area contributed by atoms with Gasteiger partial charge in [-0.3, -0.25) is 4.79 Å². The number of methoxy groups -OCH3 is 2. The molecule has 0 atom stereocenters. The summed E-state index contributed by atoms with van der Waals surface area (Å²) in [4.78, 5) is 15.9. The highest BCUT2D eigenvalue weighted by molar-refractivity contribution is 5.76.